The molecule has 2 amide bonds. The van der Waals surface area contributed by atoms with Gasteiger partial charge in [0.25, 0.3) is 0 Å². The molecule has 1 unspecified atom stereocenters. The van der Waals surface area contributed by atoms with Gasteiger partial charge in [-0.3, -0.25) is 9.80 Å². The lowest BCUT2D eigenvalue weighted by molar-refractivity contribution is 0.244. The number of hydrogen-bond acceptors (Lipinski definition) is 8. The molecule has 3 aromatic rings. The Morgan fingerprint density at radius 3 is 2.14 bits per heavy atom. The van der Waals surface area contributed by atoms with Crippen molar-refractivity contribution >= 4 is 50.6 Å². The zero-order valence-corrected chi connectivity index (χ0v) is 30.9. The molecule has 1 fully saturated rings. The highest BCUT2D eigenvalue weighted by Crippen LogP contribution is 2.31. The number of nitrogens with one attached hydrogen (secondary N) is 3. The summed E-state index contributed by atoms with van der Waals surface area (Å²) in [5, 5.41) is 10.5. The van der Waals surface area contributed by atoms with Crippen LogP contribution in [0.1, 0.15) is 42.4 Å². The zero-order valence-electron chi connectivity index (χ0n) is 28.5. The summed E-state index contributed by atoms with van der Waals surface area (Å²) in [6, 6.07) is 19.7. The average molecular weight is 754 g/mol. The van der Waals surface area contributed by atoms with E-state index >= 15 is 0 Å². The van der Waals surface area contributed by atoms with E-state index in [1.807, 2.05) is 42.6 Å². The number of carbonyl (C=O) groups excluding carboxylic acids is 1. The van der Waals surface area contributed by atoms with Gasteiger partial charge in [-0.15, -0.1) is 0 Å². The van der Waals surface area contributed by atoms with Crippen molar-refractivity contribution in [1.82, 2.24) is 25.2 Å². The molecule has 6 rings (SSSR count). The van der Waals surface area contributed by atoms with Crippen molar-refractivity contribution in [3.63, 3.8) is 0 Å². The summed E-state index contributed by atoms with van der Waals surface area (Å²) >= 11 is 12.4. The first kappa shape index (κ1) is 37.3. The highest BCUT2D eigenvalue weighted by Gasteiger charge is 2.34. The molecule has 7 N–H and O–H groups in total. The Balaban J connectivity index is 1.17. The molecular formula is C37H46Cl2N8O3S. The Hall–Kier alpha value is -3.46. The first-order valence-electron chi connectivity index (χ1n) is 17.4. The van der Waals surface area contributed by atoms with Crippen molar-refractivity contribution in [2.24, 2.45) is 11.5 Å². The number of carbonyl (C=O) groups is 1. The van der Waals surface area contributed by atoms with Gasteiger partial charge in [0.05, 0.1) is 20.6 Å². The highest BCUT2D eigenvalue weighted by atomic mass is 35.5. The monoisotopic (exact) mass is 752 g/mol. The van der Waals surface area contributed by atoms with Gasteiger partial charge in [0.2, 0.25) is 10.0 Å². The number of hydrogen-bond donors (Lipinski definition) is 5. The van der Waals surface area contributed by atoms with Crippen molar-refractivity contribution in [3.8, 4) is 0 Å². The maximum Gasteiger partial charge on any atom is 0.327 e. The predicted octanol–water partition coefficient (Wildman–Crippen LogP) is 4.82. The Morgan fingerprint density at radius 1 is 0.824 bits per heavy atom. The second-order valence-electron chi connectivity index (χ2n) is 13.1. The summed E-state index contributed by atoms with van der Waals surface area (Å²) in [4.78, 5) is 17.4. The molecule has 0 spiro atoms. The summed E-state index contributed by atoms with van der Waals surface area (Å²) < 4.78 is 29.9. The van der Waals surface area contributed by atoms with Crippen LogP contribution in [0.4, 0.5) is 10.5 Å². The van der Waals surface area contributed by atoms with E-state index in [1.54, 1.807) is 45.6 Å². The van der Waals surface area contributed by atoms with E-state index in [9.17, 15) is 13.2 Å². The number of halogens is 2. The van der Waals surface area contributed by atoms with Crippen LogP contribution in [0.25, 0.3) is 5.70 Å². The third-order valence-electron chi connectivity index (χ3n) is 9.50. The molecule has 14 heteroatoms. The average Bonchev–Trinajstić information content (AvgIpc) is 3.56. The number of anilines is 1. The van der Waals surface area contributed by atoms with E-state index in [0.717, 1.165) is 79.2 Å². The number of urea groups is 1. The second-order valence-corrected chi connectivity index (χ2v) is 15.8. The molecule has 272 valence electrons. The van der Waals surface area contributed by atoms with Crippen LogP contribution >= 0.6 is 23.2 Å². The van der Waals surface area contributed by atoms with Gasteiger partial charge in [-0.1, -0.05) is 53.5 Å². The Morgan fingerprint density at radius 2 is 1.49 bits per heavy atom. The molecule has 3 aliphatic heterocycles. The van der Waals surface area contributed by atoms with E-state index in [-0.39, 0.29) is 23.5 Å². The number of piperidine rings is 1. The molecule has 3 heterocycles. The minimum Gasteiger partial charge on any atom is -0.361 e. The number of amides is 2. The van der Waals surface area contributed by atoms with Crippen LogP contribution in [0.2, 0.25) is 10.0 Å². The van der Waals surface area contributed by atoms with E-state index in [4.69, 9.17) is 34.7 Å². The van der Waals surface area contributed by atoms with Gasteiger partial charge in [-0.05, 0) is 124 Å². The van der Waals surface area contributed by atoms with Gasteiger partial charge >= 0.3 is 6.03 Å². The van der Waals surface area contributed by atoms with Crippen LogP contribution in [0, 0.1) is 0 Å². The van der Waals surface area contributed by atoms with Crippen LogP contribution in [0.3, 0.4) is 0 Å². The van der Waals surface area contributed by atoms with Gasteiger partial charge in [0, 0.05) is 36.6 Å². The molecule has 3 aromatic carbocycles. The molecule has 51 heavy (non-hydrogen) atoms. The topological polar surface area (TPSA) is 149 Å². The first-order valence-corrected chi connectivity index (χ1v) is 19.6. The summed E-state index contributed by atoms with van der Waals surface area (Å²) in [6.45, 7) is 5.60. The summed E-state index contributed by atoms with van der Waals surface area (Å²) in [6.07, 6.45) is 6.70. The van der Waals surface area contributed by atoms with Crippen LogP contribution < -0.4 is 32.3 Å². The molecule has 0 radical (unpaired) electrons. The number of fused-ring (bicyclic) bond motifs is 1. The molecule has 3 aliphatic rings. The minimum atomic E-state index is -3.85. The lowest BCUT2D eigenvalue weighted by atomic mass is 10.1. The van der Waals surface area contributed by atoms with Crippen LogP contribution in [-0.2, 0) is 23.1 Å². The van der Waals surface area contributed by atoms with E-state index in [0.29, 0.717) is 36.0 Å². The quantitative estimate of drug-likeness (QED) is 0.149. The number of benzene rings is 3. The van der Waals surface area contributed by atoms with Gasteiger partial charge in [0.1, 0.15) is 6.17 Å². The lowest BCUT2D eigenvalue weighted by Gasteiger charge is -2.34. The highest BCUT2D eigenvalue weighted by molar-refractivity contribution is 7.89. The van der Waals surface area contributed by atoms with E-state index in [2.05, 4.69) is 20.9 Å². The van der Waals surface area contributed by atoms with Crippen molar-refractivity contribution < 1.29 is 13.2 Å². The SMILES string of the molecule is NCCCN(CCCN)Cc1ccc(N2C=C3C=C(c4ccc(S(=O)(=O)N(Cc5ccc(Cl)c(Cl)c5)C5CCNCC5)cc4)NC3NC2=O)cc1. The molecule has 0 bridgehead atoms. The van der Waals surface area contributed by atoms with Gasteiger partial charge < -0.3 is 27.4 Å². The third-order valence-corrected chi connectivity index (χ3v) is 12.1. The number of rotatable bonds is 15. The summed E-state index contributed by atoms with van der Waals surface area (Å²) in [7, 11) is -3.85. The normalized spacial score (nSPS) is 18.0. The van der Waals surface area contributed by atoms with Crippen molar-refractivity contribution in [1.29, 1.82) is 0 Å². The van der Waals surface area contributed by atoms with Gasteiger partial charge in [-0.25, -0.2) is 13.2 Å². The largest absolute Gasteiger partial charge is 0.361 e. The van der Waals surface area contributed by atoms with Crippen molar-refractivity contribution in [2.45, 2.75) is 55.9 Å². The fraction of sp³-hybridized carbons (Fsp3) is 0.378. The molecule has 0 aliphatic carbocycles. The predicted molar refractivity (Wildman–Crippen MR) is 205 cm³/mol. The number of nitrogens with zero attached hydrogens (tertiary/aromatic N) is 3. The summed E-state index contributed by atoms with van der Waals surface area (Å²) in [5.41, 5.74) is 16.6. The van der Waals surface area contributed by atoms with Crippen molar-refractivity contribution in [2.75, 3.05) is 44.2 Å². The number of sulfonamides is 1. The van der Waals surface area contributed by atoms with Crippen LogP contribution in [-0.4, -0.2) is 75.1 Å². The standard InChI is InChI=1S/C37H46Cl2N8O3S/c38-33-12-5-27(21-34(33)39)24-47(31-13-17-42-18-14-31)51(49,50)32-10-6-28(7-11-32)35-22-29-25-46(37(48)44-36(29)43-35)30-8-3-26(4-9-30)23-45(19-1-15-40)20-2-16-41/h3-12,21-22,25,31,36,42-43H,1-2,13-20,23-24,40-41H2,(H,44,48). The Kier molecular flexibility index (Phi) is 12.4. The molecular weight excluding hydrogens is 707 g/mol. The Bertz CT molecular complexity index is 1840. The number of nitrogens with two attached hydrogens (primary N) is 2. The molecule has 0 saturated carbocycles. The van der Waals surface area contributed by atoms with Crippen LogP contribution in [0.5, 0.6) is 0 Å². The van der Waals surface area contributed by atoms with E-state index < -0.39 is 16.2 Å². The Labute approximate surface area is 310 Å². The smallest absolute Gasteiger partial charge is 0.327 e. The maximum atomic E-state index is 14.1. The molecule has 0 aromatic heterocycles. The zero-order chi connectivity index (χ0) is 36.0. The second kappa shape index (κ2) is 16.9. The van der Waals surface area contributed by atoms with E-state index in [1.165, 1.54) is 0 Å². The fourth-order valence-corrected chi connectivity index (χ4v) is 8.70. The van der Waals surface area contributed by atoms with Crippen molar-refractivity contribution in [3.05, 3.63) is 111 Å². The van der Waals surface area contributed by atoms with Gasteiger partial charge in [-0.2, -0.15) is 4.31 Å². The third kappa shape index (κ3) is 8.95. The molecule has 1 saturated heterocycles. The fourth-order valence-electron chi connectivity index (χ4n) is 6.71. The van der Waals surface area contributed by atoms with Gasteiger partial charge in [0.15, 0.2) is 0 Å². The lowest BCUT2D eigenvalue weighted by Crippen LogP contribution is -2.51. The maximum absolute atomic E-state index is 14.1. The molecule has 1 atom stereocenters. The molecule has 11 nitrogen and oxygen atoms in total. The summed E-state index contributed by atoms with van der Waals surface area (Å²) in [5.74, 6) is 0. The minimum absolute atomic E-state index is 0.153. The van der Waals surface area contributed by atoms with Crippen LogP contribution in [0.15, 0.2) is 89.5 Å². The first-order chi connectivity index (χ1) is 24.7.